The van der Waals surface area contributed by atoms with Crippen molar-refractivity contribution in [2.75, 3.05) is 5.32 Å². The number of para-hydroxylation sites is 1. The smallest absolute Gasteiger partial charge is 0.381 e. The second-order valence-electron chi connectivity index (χ2n) is 4.36. The summed E-state index contributed by atoms with van der Waals surface area (Å²) in [6.45, 7) is 0. The molecule has 0 atom stereocenters. The molecule has 1 aromatic rings. The summed E-state index contributed by atoms with van der Waals surface area (Å²) in [5.41, 5.74) is -5.34. The standard InChI is InChI=1S/C11H11ClF3NO2S/c12-7-5-8(6-7)16-9-3-1-2-4-10(9)19(17,18)11(13,14)15/h1-4,7-8,16H,5-6H2. The van der Waals surface area contributed by atoms with Crippen molar-refractivity contribution in [3.63, 3.8) is 0 Å². The summed E-state index contributed by atoms with van der Waals surface area (Å²) in [6.07, 6.45) is 1.20. The highest BCUT2D eigenvalue weighted by Crippen LogP contribution is 2.36. The van der Waals surface area contributed by atoms with Gasteiger partial charge in [0.05, 0.1) is 10.6 Å². The molecule has 1 fully saturated rings. The monoisotopic (exact) mass is 313 g/mol. The van der Waals surface area contributed by atoms with Crippen LogP contribution in [0.3, 0.4) is 0 Å². The molecule has 0 spiro atoms. The van der Waals surface area contributed by atoms with Gasteiger partial charge in [0.15, 0.2) is 0 Å². The Bertz CT molecular complexity index is 568. The summed E-state index contributed by atoms with van der Waals surface area (Å²) in [5.74, 6) is 0. The Balaban J connectivity index is 2.31. The van der Waals surface area contributed by atoms with Crippen LogP contribution in [-0.4, -0.2) is 25.3 Å². The van der Waals surface area contributed by atoms with Crippen LogP contribution in [-0.2, 0) is 9.84 Å². The fraction of sp³-hybridized carbons (Fsp3) is 0.455. The zero-order valence-corrected chi connectivity index (χ0v) is 11.2. The Hall–Kier alpha value is -0.950. The second-order valence-corrected chi connectivity index (χ2v) is 6.88. The van der Waals surface area contributed by atoms with Gasteiger partial charge in [-0.25, -0.2) is 8.42 Å². The van der Waals surface area contributed by atoms with E-state index in [0.717, 1.165) is 6.07 Å². The number of hydrogen-bond donors (Lipinski definition) is 1. The van der Waals surface area contributed by atoms with Crippen LogP contribution >= 0.6 is 11.6 Å². The molecule has 0 amide bonds. The SMILES string of the molecule is O=S(=O)(c1ccccc1NC1CC(Cl)C1)C(F)(F)F. The molecule has 2 rings (SSSR count). The number of anilines is 1. The van der Waals surface area contributed by atoms with Gasteiger partial charge >= 0.3 is 5.51 Å². The first kappa shape index (κ1) is 14.5. The first-order valence-corrected chi connectivity index (χ1v) is 7.45. The fourth-order valence-electron chi connectivity index (χ4n) is 1.83. The van der Waals surface area contributed by atoms with Crippen molar-refractivity contribution in [2.45, 2.75) is 34.7 Å². The number of halogens is 4. The van der Waals surface area contributed by atoms with Gasteiger partial charge in [-0.3, -0.25) is 0 Å². The molecule has 8 heteroatoms. The average molecular weight is 314 g/mol. The zero-order valence-electron chi connectivity index (χ0n) is 9.61. The molecule has 0 aromatic heterocycles. The zero-order chi connectivity index (χ0) is 14.3. The Labute approximate surface area is 113 Å². The predicted octanol–water partition coefficient (Wildman–Crippen LogP) is 3.16. The summed E-state index contributed by atoms with van der Waals surface area (Å²) in [7, 11) is -5.35. The van der Waals surface area contributed by atoms with Gasteiger partial charge in [0.2, 0.25) is 0 Å². The van der Waals surface area contributed by atoms with Crippen LogP contribution in [0, 0.1) is 0 Å². The van der Waals surface area contributed by atoms with Crippen molar-refractivity contribution in [3.05, 3.63) is 24.3 Å². The maximum absolute atomic E-state index is 12.6. The van der Waals surface area contributed by atoms with E-state index < -0.39 is 20.2 Å². The van der Waals surface area contributed by atoms with Gasteiger partial charge < -0.3 is 5.32 Å². The third-order valence-electron chi connectivity index (χ3n) is 2.92. The molecule has 0 saturated heterocycles. The lowest BCUT2D eigenvalue weighted by atomic mass is 9.92. The Morgan fingerprint density at radius 2 is 1.79 bits per heavy atom. The van der Waals surface area contributed by atoms with E-state index in [1.54, 1.807) is 0 Å². The summed E-state index contributed by atoms with van der Waals surface area (Å²) in [4.78, 5) is -0.750. The minimum atomic E-state index is -5.35. The quantitative estimate of drug-likeness (QED) is 0.872. The summed E-state index contributed by atoms with van der Waals surface area (Å²) >= 11 is 5.77. The third-order valence-corrected chi connectivity index (χ3v) is 4.82. The Kier molecular flexibility index (Phi) is 3.70. The van der Waals surface area contributed by atoms with E-state index in [9.17, 15) is 21.6 Å². The lowest BCUT2D eigenvalue weighted by Gasteiger charge is -2.33. The number of rotatable bonds is 3. The molecule has 0 heterocycles. The highest BCUT2D eigenvalue weighted by molar-refractivity contribution is 7.92. The average Bonchev–Trinajstić information content (AvgIpc) is 2.26. The lowest BCUT2D eigenvalue weighted by Crippen LogP contribution is -2.36. The topological polar surface area (TPSA) is 46.2 Å². The molecule has 0 unspecified atom stereocenters. The molecular formula is C11H11ClF3NO2S. The number of nitrogens with one attached hydrogen (secondary N) is 1. The molecule has 1 aliphatic carbocycles. The van der Waals surface area contributed by atoms with E-state index in [-0.39, 0.29) is 17.1 Å². The summed E-state index contributed by atoms with van der Waals surface area (Å²) in [6, 6.07) is 4.91. The van der Waals surface area contributed by atoms with Gasteiger partial charge in [-0.05, 0) is 25.0 Å². The first-order chi connectivity index (χ1) is 8.72. The summed E-state index contributed by atoms with van der Waals surface area (Å²) in [5, 5.41) is 2.78. The first-order valence-electron chi connectivity index (χ1n) is 5.53. The largest absolute Gasteiger partial charge is 0.501 e. The van der Waals surface area contributed by atoms with E-state index in [4.69, 9.17) is 11.6 Å². The van der Waals surface area contributed by atoms with Crippen LogP contribution in [0.15, 0.2) is 29.2 Å². The van der Waals surface area contributed by atoms with Crippen molar-refractivity contribution < 1.29 is 21.6 Å². The van der Waals surface area contributed by atoms with E-state index in [2.05, 4.69) is 5.32 Å². The van der Waals surface area contributed by atoms with Gasteiger partial charge in [-0.1, -0.05) is 12.1 Å². The minimum absolute atomic E-state index is 0.0103. The van der Waals surface area contributed by atoms with Gasteiger partial charge in [0.25, 0.3) is 9.84 Å². The highest BCUT2D eigenvalue weighted by atomic mass is 35.5. The van der Waals surface area contributed by atoms with Crippen molar-refractivity contribution >= 4 is 27.1 Å². The molecule has 106 valence electrons. The van der Waals surface area contributed by atoms with Crippen LogP contribution in [0.5, 0.6) is 0 Å². The third kappa shape index (κ3) is 2.81. The number of hydrogen-bond acceptors (Lipinski definition) is 3. The fourth-order valence-corrected chi connectivity index (χ4v) is 3.18. The number of sulfone groups is 1. The van der Waals surface area contributed by atoms with Crippen molar-refractivity contribution in [1.29, 1.82) is 0 Å². The van der Waals surface area contributed by atoms with Crippen LogP contribution in [0.2, 0.25) is 0 Å². The molecule has 3 nitrogen and oxygen atoms in total. The van der Waals surface area contributed by atoms with Crippen LogP contribution in [0.25, 0.3) is 0 Å². The second kappa shape index (κ2) is 4.86. The van der Waals surface area contributed by atoms with Gasteiger partial charge in [0.1, 0.15) is 0 Å². The van der Waals surface area contributed by atoms with Gasteiger partial charge in [0, 0.05) is 11.4 Å². The van der Waals surface area contributed by atoms with Gasteiger partial charge in [-0.2, -0.15) is 13.2 Å². The van der Waals surface area contributed by atoms with Crippen molar-refractivity contribution in [3.8, 4) is 0 Å². The summed E-state index contributed by atoms with van der Waals surface area (Å²) < 4.78 is 60.5. The van der Waals surface area contributed by atoms with Crippen molar-refractivity contribution in [2.24, 2.45) is 0 Å². The highest BCUT2D eigenvalue weighted by Gasteiger charge is 2.48. The maximum atomic E-state index is 12.6. The Morgan fingerprint density at radius 1 is 1.21 bits per heavy atom. The van der Waals surface area contributed by atoms with E-state index >= 15 is 0 Å². The van der Waals surface area contributed by atoms with Crippen LogP contribution in [0.1, 0.15) is 12.8 Å². The number of benzene rings is 1. The predicted molar refractivity (Wildman–Crippen MR) is 66.0 cm³/mol. The van der Waals surface area contributed by atoms with E-state index in [1.165, 1.54) is 18.2 Å². The molecule has 1 aromatic carbocycles. The molecule has 0 bridgehead atoms. The van der Waals surface area contributed by atoms with Crippen LogP contribution in [0.4, 0.5) is 18.9 Å². The molecule has 1 aliphatic rings. The number of alkyl halides is 4. The molecule has 19 heavy (non-hydrogen) atoms. The molecule has 0 radical (unpaired) electrons. The molecule has 0 aliphatic heterocycles. The molecule has 1 saturated carbocycles. The minimum Gasteiger partial charge on any atom is -0.381 e. The van der Waals surface area contributed by atoms with Crippen molar-refractivity contribution in [1.82, 2.24) is 0 Å². The normalized spacial score (nSPS) is 23.8. The molecular weight excluding hydrogens is 303 g/mol. The van der Waals surface area contributed by atoms with Gasteiger partial charge in [-0.15, -0.1) is 11.6 Å². The van der Waals surface area contributed by atoms with E-state index in [1.807, 2.05) is 0 Å². The lowest BCUT2D eigenvalue weighted by molar-refractivity contribution is -0.0435. The molecule has 1 N–H and O–H groups in total. The van der Waals surface area contributed by atoms with Crippen LogP contribution < -0.4 is 5.32 Å². The maximum Gasteiger partial charge on any atom is 0.501 e. The van der Waals surface area contributed by atoms with E-state index in [0.29, 0.717) is 12.8 Å². The Morgan fingerprint density at radius 3 is 2.32 bits per heavy atom.